The molecule has 1 aromatic heterocycles. The number of carboxylic acids is 1. The molecule has 3 heterocycles. The molecule has 172 valence electrons. The zero-order valence-electron chi connectivity index (χ0n) is 17.8. The summed E-state index contributed by atoms with van der Waals surface area (Å²) in [6.45, 7) is 1.21. The predicted molar refractivity (Wildman–Crippen MR) is 119 cm³/mol. The van der Waals surface area contributed by atoms with Crippen molar-refractivity contribution in [2.24, 2.45) is 16.5 Å². The van der Waals surface area contributed by atoms with Gasteiger partial charge in [-0.3, -0.25) is 9.78 Å². The van der Waals surface area contributed by atoms with Crippen LogP contribution in [-0.2, 0) is 16.1 Å². The fourth-order valence-electron chi connectivity index (χ4n) is 5.08. The van der Waals surface area contributed by atoms with Gasteiger partial charge in [-0.25, -0.2) is 9.18 Å². The fraction of sp³-hybridized carbons (Fsp3) is 0.375. The lowest BCUT2D eigenvalue weighted by atomic mass is 9.64. The summed E-state index contributed by atoms with van der Waals surface area (Å²) in [5.41, 5.74) is 2.31. The molecule has 2 unspecified atom stereocenters. The number of H-pyrrole nitrogens is 1. The van der Waals surface area contributed by atoms with E-state index in [1.54, 1.807) is 24.3 Å². The van der Waals surface area contributed by atoms with Gasteiger partial charge in [-0.05, 0) is 62.2 Å². The van der Waals surface area contributed by atoms with Crippen molar-refractivity contribution in [3.8, 4) is 0 Å². The maximum Gasteiger partial charge on any atom is 0.417 e. The van der Waals surface area contributed by atoms with E-state index < -0.39 is 23.2 Å². The molecule has 2 aromatic carbocycles. The van der Waals surface area contributed by atoms with Gasteiger partial charge in [-0.15, -0.1) is 0 Å². The van der Waals surface area contributed by atoms with Crippen LogP contribution in [0.5, 0.6) is 0 Å². The standard InChI is InChI=1S/C24H24FN3O5/c25-16-4-1-14(2-5-16)11-17(24(22(29)30)7-9-26-10-8-24)20-13-19(28-33-20)15-3-6-18-21(12-15)32-23(31)27-18/h1-6,12,17,20,26H,7-11,13H2,(H,27,31)(H,29,30). The maximum atomic E-state index is 13.5. The number of nitrogens with zero attached hydrogens (tertiary/aromatic N) is 1. The van der Waals surface area contributed by atoms with Gasteiger partial charge in [0.25, 0.3) is 0 Å². The van der Waals surface area contributed by atoms with E-state index in [0.717, 1.165) is 11.1 Å². The third-order valence-corrected chi connectivity index (χ3v) is 6.90. The minimum Gasteiger partial charge on any atom is -0.481 e. The first-order valence-corrected chi connectivity index (χ1v) is 11.0. The number of aromatic nitrogens is 1. The molecule has 3 aromatic rings. The van der Waals surface area contributed by atoms with Crippen molar-refractivity contribution in [2.45, 2.75) is 31.8 Å². The molecule has 2 atom stereocenters. The lowest BCUT2D eigenvalue weighted by Gasteiger charge is -2.42. The van der Waals surface area contributed by atoms with E-state index in [1.807, 2.05) is 6.07 Å². The van der Waals surface area contributed by atoms with Crippen LogP contribution in [0.25, 0.3) is 11.1 Å². The minimum absolute atomic E-state index is 0.334. The maximum absolute atomic E-state index is 13.5. The van der Waals surface area contributed by atoms with Crippen molar-refractivity contribution in [3.05, 3.63) is 70.0 Å². The molecule has 0 saturated carbocycles. The number of nitrogens with one attached hydrogen (secondary N) is 2. The third kappa shape index (κ3) is 4.04. The second-order valence-corrected chi connectivity index (χ2v) is 8.76. The average molecular weight is 453 g/mol. The van der Waals surface area contributed by atoms with Crippen LogP contribution in [0.3, 0.4) is 0 Å². The van der Waals surface area contributed by atoms with Gasteiger partial charge in [-0.2, -0.15) is 0 Å². The molecule has 0 spiro atoms. The zero-order chi connectivity index (χ0) is 23.0. The molecule has 2 aliphatic heterocycles. The van der Waals surface area contributed by atoms with Crippen molar-refractivity contribution < 1.29 is 23.5 Å². The normalized spacial score (nSPS) is 20.9. The number of carbonyl (C=O) groups is 1. The quantitative estimate of drug-likeness (QED) is 0.528. The Labute approximate surface area is 188 Å². The highest BCUT2D eigenvalue weighted by Gasteiger charge is 2.51. The minimum atomic E-state index is -0.980. The van der Waals surface area contributed by atoms with Gasteiger partial charge in [0.2, 0.25) is 0 Å². The molecule has 2 aliphatic rings. The summed E-state index contributed by atoms with van der Waals surface area (Å²) < 4.78 is 18.6. The first-order chi connectivity index (χ1) is 15.9. The van der Waals surface area contributed by atoms with Crippen LogP contribution in [0.2, 0.25) is 0 Å². The Bertz CT molecular complexity index is 1260. The van der Waals surface area contributed by atoms with Crippen LogP contribution < -0.4 is 11.1 Å². The number of aromatic amines is 1. The van der Waals surface area contributed by atoms with Crippen LogP contribution in [0.4, 0.5) is 4.39 Å². The van der Waals surface area contributed by atoms with Crippen LogP contribution in [0, 0.1) is 17.2 Å². The van der Waals surface area contributed by atoms with E-state index in [0.29, 0.717) is 55.6 Å². The SMILES string of the molecule is O=C(O)C1(C(Cc2ccc(F)cc2)C2CC(c3ccc4[nH]c(=O)oc4c3)=NO2)CCNCC1. The van der Waals surface area contributed by atoms with Crippen molar-refractivity contribution in [1.29, 1.82) is 0 Å². The van der Waals surface area contributed by atoms with Gasteiger partial charge in [0.15, 0.2) is 5.58 Å². The van der Waals surface area contributed by atoms with E-state index in [1.165, 1.54) is 12.1 Å². The molecule has 1 fully saturated rings. The second kappa shape index (κ2) is 8.47. The zero-order valence-corrected chi connectivity index (χ0v) is 17.8. The summed E-state index contributed by atoms with van der Waals surface area (Å²) in [6, 6.07) is 11.5. The number of benzene rings is 2. The van der Waals surface area contributed by atoms with E-state index in [-0.39, 0.29) is 11.7 Å². The van der Waals surface area contributed by atoms with Crippen molar-refractivity contribution in [3.63, 3.8) is 0 Å². The molecular formula is C24H24FN3O5. The Morgan fingerprint density at radius 3 is 2.70 bits per heavy atom. The predicted octanol–water partition coefficient (Wildman–Crippen LogP) is 3.07. The first kappa shape index (κ1) is 21.4. The van der Waals surface area contributed by atoms with E-state index >= 15 is 0 Å². The van der Waals surface area contributed by atoms with Gasteiger partial charge in [0.1, 0.15) is 11.9 Å². The number of fused-ring (bicyclic) bond motifs is 1. The molecule has 5 rings (SSSR count). The monoisotopic (exact) mass is 453 g/mol. The van der Waals surface area contributed by atoms with Crippen LogP contribution in [-0.4, -0.2) is 41.0 Å². The van der Waals surface area contributed by atoms with E-state index in [4.69, 9.17) is 9.25 Å². The second-order valence-electron chi connectivity index (χ2n) is 8.76. The number of piperidine rings is 1. The topological polar surface area (TPSA) is 117 Å². The molecular weight excluding hydrogens is 429 g/mol. The van der Waals surface area contributed by atoms with Crippen LogP contribution in [0.15, 0.2) is 56.8 Å². The molecule has 8 nitrogen and oxygen atoms in total. The highest BCUT2D eigenvalue weighted by atomic mass is 19.1. The van der Waals surface area contributed by atoms with Crippen LogP contribution in [0.1, 0.15) is 30.4 Å². The molecule has 0 amide bonds. The van der Waals surface area contributed by atoms with E-state index in [9.17, 15) is 19.1 Å². The molecule has 1 saturated heterocycles. The largest absolute Gasteiger partial charge is 0.481 e. The Hall–Kier alpha value is -3.46. The molecule has 9 heteroatoms. The number of rotatable bonds is 6. The number of oxime groups is 1. The fourth-order valence-corrected chi connectivity index (χ4v) is 5.08. The highest BCUT2D eigenvalue weighted by molar-refractivity contribution is 6.03. The van der Waals surface area contributed by atoms with E-state index in [2.05, 4.69) is 15.5 Å². The summed E-state index contributed by atoms with van der Waals surface area (Å²) >= 11 is 0. The lowest BCUT2D eigenvalue weighted by Crippen LogP contribution is -2.51. The Morgan fingerprint density at radius 2 is 1.97 bits per heavy atom. The van der Waals surface area contributed by atoms with Crippen LogP contribution >= 0.6 is 0 Å². The summed E-state index contributed by atoms with van der Waals surface area (Å²) in [7, 11) is 0. The number of halogens is 1. The van der Waals surface area contributed by atoms with Crippen molar-refractivity contribution in [2.75, 3.05) is 13.1 Å². The van der Waals surface area contributed by atoms with Crippen molar-refractivity contribution >= 4 is 22.8 Å². The van der Waals surface area contributed by atoms with Gasteiger partial charge in [0.05, 0.1) is 16.6 Å². The Balaban J connectivity index is 1.45. The molecule has 0 radical (unpaired) electrons. The molecule has 3 N–H and O–H groups in total. The number of aliphatic carboxylic acids is 1. The smallest absolute Gasteiger partial charge is 0.417 e. The number of oxazole rings is 1. The van der Waals surface area contributed by atoms with Gasteiger partial charge in [0, 0.05) is 17.9 Å². The third-order valence-electron chi connectivity index (χ3n) is 6.90. The Kier molecular flexibility index (Phi) is 5.49. The summed E-state index contributed by atoms with van der Waals surface area (Å²) in [5.74, 6) is -2.07. The first-order valence-electron chi connectivity index (χ1n) is 11.0. The van der Waals surface area contributed by atoms with Crippen molar-refractivity contribution in [1.82, 2.24) is 10.3 Å². The number of carboxylic acid groups (broad SMARTS) is 1. The highest BCUT2D eigenvalue weighted by Crippen LogP contribution is 2.44. The molecule has 0 aliphatic carbocycles. The van der Waals surface area contributed by atoms with Gasteiger partial charge in [-0.1, -0.05) is 23.4 Å². The molecule has 33 heavy (non-hydrogen) atoms. The summed E-state index contributed by atoms with van der Waals surface area (Å²) in [5, 5.41) is 17.8. The molecule has 0 bridgehead atoms. The van der Waals surface area contributed by atoms with Gasteiger partial charge >= 0.3 is 11.7 Å². The Morgan fingerprint density at radius 1 is 1.21 bits per heavy atom. The average Bonchev–Trinajstić information content (AvgIpc) is 3.44. The number of hydrogen-bond donors (Lipinski definition) is 3. The van der Waals surface area contributed by atoms with Gasteiger partial charge < -0.3 is 19.7 Å². The number of hydrogen-bond acceptors (Lipinski definition) is 6. The lowest BCUT2D eigenvalue weighted by molar-refractivity contribution is -0.160. The summed E-state index contributed by atoms with van der Waals surface area (Å²) in [4.78, 5) is 32.5. The summed E-state index contributed by atoms with van der Waals surface area (Å²) in [6.07, 6.45) is 1.36.